The molecule has 6 nitrogen and oxygen atoms in total. The Labute approximate surface area is 135 Å². The molecule has 0 spiro atoms. The van der Waals surface area contributed by atoms with Crippen molar-refractivity contribution in [2.24, 2.45) is 0 Å². The largest absolute Gasteiger partial charge is 0.454 e. The maximum absolute atomic E-state index is 5.40. The van der Waals surface area contributed by atoms with Crippen LogP contribution in [0.5, 0.6) is 11.5 Å². The first-order valence-electron chi connectivity index (χ1n) is 8.09. The Balaban J connectivity index is 1.42. The summed E-state index contributed by atoms with van der Waals surface area (Å²) in [7, 11) is 0. The lowest BCUT2D eigenvalue weighted by Gasteiger charge is -2.27. The number of nitrogens with zero attached hydrogens (tertiary/aromatic N) is 3. The molecule has 2 aliphatic rings. The standard InChI is InChI=1S/C17H20N4O2/c1-2-8-21(9-3-1)16-6-7-18-17(20-16)19-11-13-4-5-14-15(10-13)23-12-22-14/h4-7,10H,1-3,8-9,11-12H2,(H,18,19,20). The van der Waals surface area contributed by atoms with Gasteiger partial charge in [-0.1, -0.05) is 6.07 Å². The summed E-state index contributed by atoms with van der Waals surface area (Å²) in [5.74, 6) is 3.27. The molecular weight excluding hydrogens is 292 g/mol. The highest BCUT2D eigenvalue weighted by atomic mass is 16.7. The van der Waals surface area contributed by atoms with E-state index in [1.807, 2.05) is 30.5 Å². The van der Waals surface area contributed by atoms with Gasteiger partial charge >= 0.3 is 0 Å². The van der Waals surface area contributed by atoms with Crippen molar-refractivity contribution in [3.8, 4) is 11.5 Å². The van der Waals surface area contributed by atoms with Gasteiger partial charge in [0.05, 0.1) is 0 Å². The number of fused-ring (bicyclic) bond motifs is 1. The van der Waals surface area contributed by atoms with Crippen molar-refractivity contribution in [1.82, 2.24) is 9.97 Å². The molecule has 1 saturated heterocycles. The van der Waals surface area contributed by atoms with Crippen molar-refractivity contribution in [2.75, 3.05) is 30.1 Å². The monoisotopic (exact) mass is 312 g/mol. The zero-order chi connectivity index (χ0) is 15.5. The van der Waals surface area contributed by atoms with Gasteiger partial charge in [0.2, 0.25) is 12.7 Å². The van der Waals surface area contributed by atoms with E-state index in [2.05, 4.69) is 20.2 Å². The van der Waals surface area contributed by atoms with E-state index in [4.69, 9.17) is 9.47 Å². The summed E-state index contributed by atoms with van der Waals surface area (Å²) in [6, 6.07) is 7.93. The molecule has 4 rings (SSSR count). The third kappa shape index (κ3) is 3.16. The molecule has 1 aromatic heterocycles. The second kappa shape index (κ2) is 6.32. The summed E-state index contributed by atoms with van der Waals surface area (Å²) in [6.07, 6.45) is 5.61. The Kier molecular flexibility index (Phi) is 3.88. The molecule has 0 unspecified atom stereocenters. The normalized spacial score (nSPS) is 16.4. The topological polar surface area (TPSA) is 59.5 Å². The van der Waals surface area contributed by atoms with Gasteiger partial charge in [0.15, 0.2) is 11.5 Å². The van der Waals surface area contributed by atoms with Crippen LogP contribution in [-0.4, -0.2) is 29.9 Å². The molecule has 2 aliphatic heterocycles. The fraction of sp³-hybridized carbons (Fsp3) is 0.412. The van der Waals surface area contributed by atoms with Gasteiger partial charge in [-0.3, -0.25) is 0 Å². The fourth-order valence-corrected chi connectivity index (χ4v) is 2.97. The third-order valence-electron chi connectivity index (χ3n) is 4.21. The number of benzene rings is 1. The van der Waals surface area contributed by atoms with E-state index in [0.717, 1.165) is 36.0 Å². The Morgan fingerprint density at radius 2 is 1.91 bits per heavy atom. The molecule has 0 saturated carbocycles. The molecule has 1 N–H and O–H groups in total. The minimum Gasteiger partial charge on any atom is -0.454 e. The first-order chi connectivity index (χ1) is 11.4. The smallest absolute Gasteiger partial charge is 0.231 e. The van der Waals surface area contributed by atoms with Crippen LogP contribution < -0.4 is 19.7 Å². The maximum Gasteiger partial charge on any atom is 0.231 e. The number of aromatic nitrogens is 2. The molecule has 23 heavy (non-hydrogen) atoms. The summed E-state index contributed by atoms with van der Waals surface area (Å²) >= 11 is 0. The Morgan fingerprint density at radius 1 is 1.04 bits per heavy atom. The van der Waals surface area contributed by atoms with E-state index >= 15 is 0 Å². The van der Waals surface area contributed by atoms with E-state index < -0.39 is 0 Å². The summed E-state index contributed by atoms with van der Waals surface area (Å²) in [6.45, 7) is 3.12. The van der Waals surface area contributed by atoms with Crippen molar-refractivity contribution in [1.29, 1.82) is 0 Å². The molecule has 0 aliphatic carbocycles. The van der Waals surface area contributed by atoms with Gasteiger partial charge < -0.3 is 19.7 Å². The molecule has 1 aromatic carbocycles. The van der Waals surface area contributed by atoms with E-state index in [1.165, 1.54) is 19.3 Å². The summed E-state index contributed by atoms with van der Waals surface area (Å²) in [5.41, 5.74) is 1.11. The average molecular weight is 312 g/mol. The molecule has 0 bridgehead atoms. The number of ether oxygens (including phenoxy) is 2. The lowest BCUT2D eigenvalue weighted by Crippen LogP contribution is -2.30. The molecule has 6 heteroatoms. The van der Waals surface area contributed by atoms with Crippen LogP contribution in [0, 0.1) is 0 Å². The van der Waals surface area contributed by atoms with Crippen molar-refractivity contribution in [3.63, 3.8) is 0 Å². The summed E-state index contributed by atoms with van der Waals surface area (Å²) in [4.78, 5) is 11.3. The molecule has 0 radical (unpaired) electrons. The number of rotatable bonds is 4. The Bertz CT molecular complexity index is 686. The van der Waals surface area contributed by atoms with Crippen LogP contribution in [0.2, 0.25) is 0 Å². The van der Waals surface area contributed by atoms with Crippen LogP contribution >= 0.6 is 0 Å². The van der Waals surface area contributed by atoms with Crippen LogP contribution in [0.15, 0.2) is 30.5 Å². The van der Waals surface area contributed by atoms with Crippen LogP contribution in [0.4, 0.5) is 11.8 Å². The molecule has 2 aromatic rings. The zero-order valence-corrected chi connectivity index (χ0v) is 13.0. The maximum atomic E-state index is 5.40. The zero-order valence-electron chi connectivity index (χ0n) is 13.0. The SMILES string of the molecule is c1cc(N2CCCCC2)nc(NCc2ccc3c(c2)OCO3)n1. The second-order valence-corrected chi connectivity index (χ2v) is 5.83. The molecule has 1 fully saturated rings. The van der Waals surface area contributed by atoms with Gasteiger partial charge in [-0.25, -0.2) is 4.98 Å². The number of hydrogen-bond acceptors (Lipinski definition) is 6. The van der Waals surface area contributed by atoms with Crippen LogP contribution in [0.3, 0.4) is 0 Å². The van der Waals surface area contributed by atoms with Gasteiger partial charge in [0.25, 0.3) is 0 Å². The minimum absolute atomic E-state index is 0.299. The van der Waals surface area contributed by atoms with E-state index in [-0.39, 0.29) is 0 Å². The average Bonchev–Trinajstić information content (AvgIpc) is 3.09. The lowest BCUT2D eigenvalue weighted by atomic mass is 10.1. The summed E-state index contributed by atoms with van der Waals surface area (Å²) < 4.78 is 10.7. The summed E-state index contributed by atoms with van der Waals surface area (Å²) in [5, 5.41) is 3.29. The highest BCUT2D eigenvalue weighted by molar-refractivity contribution is 5.46. The van der Waals surface area contributed by atoms with Crippen LogP contribution in [-0.2, 0) is 6.54 Å². The number of nitrogens with one attached hydrogen (secondary N) is 1. The quantitative estimate of drug-likeness (QED) is 0.937. The van der Waals surface area contributed by atoms with Crippen molar-refractivity contribution in [2.45, 2.75) is 25.8 Å². The molecule has 3 heterocycles. The lowest BCUT2D eigenvalue weighted by molar-refractivity contribution is 0.174. The molecule has 0 amide bonds. The Morgan fingerprint density at radius 3 is 2.83 bits per heavy atom. The van der Waals surface area contributed by atoms with E-state index in [0.29, 0.717) is 19.3 Å². The van der Waals surface area contributed by atoms with Gasteiger partial charge in [0, 0.05) is 25.8 Å². The van der Waals surface area contributed by atoms with Crippen molar-refractivity contribution in [3.05, 3.63) is 36.0 Å². The van der Waals surface area contributed by atoms with Gasteiger partial charge in [-0.2, -0.15) is 4.98 Å². The Hall–Kier alpha value is -2.50. The van der Waals surface area contributed by atoms with Crippen molar-refractivity contribution < 1.29 is 9.47 Å². The predicted octanol–water partition coefficient (Wildman–Crippen LogP) is 2.81. The minimum atomic E-state index is 0.299. The van der Waals surface area contributed by atoms with Crippen LogP contribution in [0.25, 0.3) is 0 Å². The number of piperidine rings is 1. The highest BCUT2D eigenvalue weighted by Crippen LogP contribution is 2.32. The molecule has 120 valence electrons. The van der Waals surface area contributed by atoms with Gasteiger partial charge in [-0.15, -0.1) is 0 Å². The van der Waals surface area contributed by atoms with E-state index in [1.54, 1.807) is 0 Å². The van der Waals surface area contributed by atoms with E-state index in [9.17, 15) is 0 Å². The molecular formula is C17H20N4O2. The molecule has 0 atom stereocenters. The number of hydrogen-bond donors (Lipinski definition) is 1. The van der Waals surface area contributed by atoms with Gasteiger partial charge in [-0.05, 0) is 43.0 Å². The third-order valence-corrected chi connectivity index (χ3v) is 4.21. The van der Waals surface area contributed by atoms with Gasteiger partial charge in [0.1, 0.15) is 5.82 Å². The van der Waals surface area contributed by atoms with Crippen molar-refractivity contribution >= 4 is 11.8 Å². The fourth-order valence-electron chi connectivity index (χ4n) is 2.97. The second-order valence-electron chi connectivity index (χ2n) is 5.83. The first-order valence-corrected chi connectivity index (χ1v) is 8.09. The highest BCUT2D eigenvalue weighted by Gasteiger charge is 2.14. The predicted molar refractivity (Wildman–Crippen MR) is 88.0 cm³/mol. The van der Waals surface area contributed by atoms with Crippen LogP contribution in [0.1, 0.15) is 24.8 Å². The number of anilines is 2. The first kappa shape index (κ1) is 14.1.